The van der Waals surface area contributed by atoms with Crippen LogP contribution in [0, 0.1) is 6.92 Å². The van der Waals surface area contributed by atoms with Gasteiger partial charge in [0, 0.05) is 42.2 Å². The van der Waals surface area contributed by atoms with E-state index < -0.39 is 5.97 Å². The molecule has 1 aliphatic rings. The highest BCUT2D eigenvalue weighted by atomic mass is 35.5. The Morgan fingerprint density at radius 3 is 2.78 bits per heavy atom. The number of carbonyl (C=O) groups is 2. The molecule has 37 heavy (non-hydrogen) atoms. The molecule has 198 valence electrons. The zero-order chi connectivity index (χ0) is 26.7. The third kappa shape index (κ3) is 5.68. The number of hydrogen-bond donors (Lipinski definition) is 2. The van der Waals surface area contributed by atoms with Crippen molar-refractivity contribution in [2.75, 3.05) is 24.6 Å². The van der Waals surface area contributed by atoms with Crippen LogP contribution in [0.25, 0.3) is 5.13 Å². The molecule has 0 saturated carbocycles. The van der Waals surface area contributed by atoms with Crippen molar-refractivity contribution in [3.05, 3.63) is 55.9 Å². The number of H-pyrrole nitrogens is 1. The molecule has 1 amide bonds. The highest BCUT2D eigenvalue weighted by molar-refractivity contribution is 7.16. The van der Waals surface area contributed by atoms with E-state index in [1.165, 1.54) is 17.6 Å². The van der Waals surface area contributed by atoms with Gasteiger partial charge in [-0.3, -0.25) is 14.2 Å². The smallest absolute Gasteiger partial charge is 0.375 e. The van der Waals surface area contributed by atoms with Crippen molar-refractivity contribution in [2.45, 2.75) is 45.8 Å². The number of aryl methyl sites for hydroxylation is 2. The lowest BCUT2D eigenvalue weighted by Crippen LogP contribution is -2.55. The Hall–Kier alpha value is -3.29. The molecule has 11 nitrogen and oxygen atoms in total. The summed E-state index contributed by atoms with van der Waals surface area (Å²) in [5.74, 6) is -1.35. The topological polar surface area (TPSA) is 131 Å². The maximum atomic E-state index is 12.9. The van der Waals surface area contributed by atoms with Crippen LogP contribution >= 0.6 is 22.9 Å². The molecule has 1 fully saturated rings. The lowest BCUT2D eigenvalue weighted by Gasteiger charge is -2.39. The van der Waals surface area contributed by atoms with Gasteiger partial charge in [0.1, 0.15) is 4.88 Å². The van der Waals surface area contributed by atoms with Crippen molar-refractivity contribution in [3.8, 4) is 5.13 Å². The van der Waals surface area contributed by atoms with Crippen LogP contribution < -0.4 is 15.8 Å². The Bertz CT molecular complexity index is 1360. The quantitative estimate of drug-likeness (QED) is 0.436. The SMILES string of the molecule is CCO[C@H]1CN(c2ccn(-c3nc(C)c(C(=O)OF)s3)c(=O)c2)CC[C@H]1NC(=O)c1nc(Cl)c(CC)[nH]1. The highest BCUT2D eigenvalue weighted by Crippen LogP contribution is 2.24. The van der Waals surface area contributed by atoms with E-state index in [1.807, 2.05) is 18.7 Å². The third-order valence-corrected chi connectivity index (χ3v) is 7.52. The predicted octanol–water partition coefficient (Wildman–Crippen LogP) is 3.00. The van der Waals surface area contributed by atoms with Gasteiger partial charge in [-0.2, -0.15) is 0 Å². The fourth-order valence-corrected chi connectivity index (χ4v) is 5.39. The predicted molar refractivity (Wildman–Crippen MR) is 135 cm³/mol. The van der Waals surface area contributed by atoms with Gasteiger partial charge in [-0.25, -0.2) is 19.7 Å². The minimum Gasteiger partial charge on any atom is -0.375 e. The number of halogens is 2. The number of pyridine rings is 1. The maximum absolute atomic E-state index is 12.9. The fraction of sp³-hybridized carbons (Fsp3) is 0.435. The zero-order valence-corrected chi connectivity index (χ0v) is 22.0. The van der Waals surface area contributed by atoms with Crippen molar-refractivity contribution >= 4 is 40.5 Å². The number of rotatable bonds is 8. The summed E-state index contributed by atoms with van der Waals surface area (Å²) in [5.41, 5.74) is 1.28. The van der Waals surface area contributed by atoms with Crippen molar-refractivity contribution in [2.24, 2.45) is 0 Å². The molecule has 0 aromatic carbocycles. The van der Waals surface area contributed by atoms with Gasteiger partial charge in [0.2, 0.25) is 0 Å². The van der Waals surface area contributed by atoms with Crippen LogP contribution in [0.5, 0.6) is 0 Å². The number of carbonyl (C=O) groups excluding carboxylic acids is 2. The van der Waals surface area contributed by atoms with Gasteiger partial charge < -0.3 is 19.9 Å². The van der Waals surface area contributed by atoms with Gasteiger partial charge in [-0.15, -0.1) is 0 Å². The number of nitrogens with zero attached hydrogens (tertiary/aromatic N) is 4. The molecule has 4 rings (SSSR count). The minimum absolute atomic E-state index is 0.0140. The van der Waals surface area contributed by atoms with Crippen LogP contribution in [0.15, 0.2) is 23.1 Å². The van der Waals surface area contributed by atoms with Crippen LogP contribution in [0.2, 0.25) is 5.15 Å². The highest BCUT2D eigenvalue weighted by Gasteiger charge is 2.32. The van der Waals surface area contributed by atoms with Crippen LogP contribution in [-0.2, 0) is 16.1 Å². The van der Waals surface area contributed by atoms with Crippen LogP contribution in [-0.4, -0.2) is 63.2 Å². The van der Waals surface area contributed by atoms with Gasteiger partial charge in [0.05, 0.1) is 23.5 Å². The summed E-state index contributed by atoms with van der Waals surface area (Å²) < 4.78 is 19.5. The molecule has 0 bridgehead atoms. The zero-order valence-electron chi connectivity index (χ0n) is 20.4. The number of imidazole rings is 1. The molecule has 1 saturated heterocycles. The first-order valence-electron chi connectivity index (χ1n) is 11.7. The van der Waals surface area contributed by atoms with Gasteiger partial charge in [-0.1, -0.05) is 29.9 Å². The molecule has 3 aromatic rings. The first-order chi connectivity index (χ1) is 17.7. The van der Waals surface area contributed by atoms with Crippen LogP contribution in [0.4, 0.5) is 10.2 Å². The van der Waals surface area contributed by atoms with E-state index in [2.05, 4.69) is 25.2 Å². The summed E-state index contributed by atoms with van der Waals surface area (Å²) >= 11 is 6.93. The first-order valence-corrected chi connectivity index (χ1v) is 12.9. The summed E-state index contributed by atoms with van der Waals surface area (Å²) in [7, 11) is 0. The van der Waals surface area contributed by atoms with Crippen molar-refractivity contribution in [3.63, 3.8) is 0 Å². The number of hydrogen-bond acceptors (Lipinski definition) is 9. The Kier molecular flexibility index (Phi) is 8.25. The number of anilines is 1. The Labute approximate surface area is 220 Å². The molecule has 1 aliphatic heterocycles. The third-order valence-electron chi connectivity index (χ3n) is 6.07. The molecule has 0 radical (unpaired) electrons. The molecule has 4 heterocycles. The van der Waals surface area contributed by atoms with E-state index in [1.54, 1.807) is 12.3 Å². The summed E-state index contributed by atoms with van der Waals surface area (Å²) in [5, 5.41) is 3.50. The number of aromatic amines is 1. The molecular weight excluding hydrogens is 527 g/mol. The lowest BCUT2D eigenvalue weighted by molar-refractivity contribution is -0.0784. The van der Waals surface area contributed by atoms with E-state index in [0.717, 1.165) is 11.3 Å². The van der Waals surface area contributed by atoms with Gasteiger partial charge >= 0.3 is 5.97 Å². The van der Waals surface area contributed by atoms with E-state index in [-0.39, 0.29) is 50.3 Å². The Morgan fingerprint density at radius 2 is 2.14 bits per heavy atom. The van der Waals surface area contributed by atoms with Crippen LogP contribution in [0.3, 0.4) is 0 Å². The number of amides is 1. The second-order valence-electron chi connectivity index (χ2n) is 8.39. The van der Waals surface area contributed by atoms with E-state index in [0.29, 0.717) is 43.9 Å². The maximum Gasteiger partial charge on any atom is 0.391 e. The molecule has 0 aliphatic carbocycles. The van der Waals surface area contributed by atoms with E-state index in [4.69, 9.17) is 16.3 Å². The fourth-order valence-electron chi connectivity index (χ4n) is 4.20. The van der Waals surface area contributed by atoms with E-state index in [9.17, 15) is 18.9 Å². The average molecular weight is 553 g/mol. The lowest BCUT2D eigenvalue weighted by atomic mass is 10.0. The molecule has 2 atom stereocenters. The van der Waals surface area contributed by atoms with Gasteiger partial charge in [-0.05, 0) is 32.8 Å². The van der Waals surface area contributed by atoms with Crippen LogP contribution in [0.1, 0.15) is 51.9 Å². The summed E-state index contributed by atoms with van der Waals surface area (Å²) in [6, 6.07) is 2.96. The second-order valence-corrected chi connectivity index (χ2v) is 9.72. The van der Waals surface area contributed by atoms with Gasteiger partial charge in [0.25, 0.3) is 11.5 Å². The molecule has 0 unspecified atom stereocenters. The first kappa shape index (κ1) is 26.8. The van der Waals surface area contributed by atoms with Crippen molar-refractivity contribution in [1.82, 2.24) is 24.8 Å². The monoisotopic (exact) mass is 552 g/mol. The van der Waals surface area contributed by atoms with Gasteiger partial charge in [0.15, 0.2) is 16.1 Å². The molecule has 0 spiro atoms. The normalized spacial score (nSPS) is 17.6. The summed E-state index contributed by atoms with van der Waals surface area (Å²) in [6.45, 7) is 6.79. The Morgan fingerprint density at radius 1 is 1.35 bits per heavy atom. The number of ether oxygens (including phenoxy) is 1. The summed E-state index contributed by atoms with van der Waals surface area (Å²) in [6.07, 6.45) is 2.44. The standard InChI is InChI=1S/C23H26ClFN6O5S/c1-4-14-19(24)29-20(27-14)21(33)28-15-7-8-30(11-16(15)35-5-2)13-6-9-31(17(32)10-13)23-26-12(3)18(37-23)22(34)36-25/h6,9-10,15-16H,4-5,7-8,11H2,1-3H3,(H,27,29)(H,28,33)/t15-,16+/m1/s1. The number of thiazole rings is 1. The van der Waals surface area contributed by atoms with Crippen molar-refractivity contribution in [1.29, 1.82) is 0 Å². The molecule has 3 aromatic heterocycles. The molecule has 2 N–H and O–H groups in total. The number of piperidine rings is 1. The minimum atomic E-state index is -1.15. The average Bonchev–Trinajstić information content (AvgIpc) is 3.46. The van der Waals surface area contributed by atoms with E-state index >= 15 is 0 Å². The number of aromatic nitrogens is 4. The molecule has 14 heteroatoms. The second kappa shape index (κ2) is 11.4. The molecular formula is C23H26ClFN6O5S. The summed E-state index contributed by atoms with van der Waals surface area (Å²) in [4.78, 5) is 53.7. The largest absolute Gasteiger partial charge is 0.391 e. The number of nitrogens with one attached hydrogen (secondary N) is 2. The Balaban J connectivity index is 1.48. The van der Waals surface area contributed by atoms with Crippen molar-refractivity contribution < 1.29 is 23.8 Å².